The molecule has 0 radical (unpaired) electrons. The van der Waals surface area contributed by atoms with Crippen molar-refractivity contribution < 1.29 is 9.47 Å². The van der Waals surface area contributed by atoms with E-state index in [9.17, 15) is 4.79 Å². The third-order valence-electron chi connectivity index (χ3n) is 2.88. The van der Waals surface area contributed by atoms with Gasteiger partial charge in [0, 0.05) is 18.0 Å². The Morgan fingerprint density at radius 3 is 2.90 bits per heavy atom. The second-order valence-electron chi connectivity index (χ2n) is 5.54. The summed E-state index contributed by atoms with van der Waals surface area (Å²) < 4.78 is 12.9. The van der Waals surface area contributed by atoms with Crippen molar-refractivity contribution in [2.24, 2.45) is 0 Å². The van der Waals surface area contributed by atoms with Crippen LogP contribution in [0.4, 0.5) is 5.82 Å². The van der Waals surface area contributed by atoms with Crippen molar-refractivity contribution in [3.05, 3.63) is 22.7 Å². The summed E-state index contributed by atoms with van der Waals surface area (Å²) in [5.74, 6) is 1.32. The van der Waals surface area contributed by atoms with Crippen LogP contribution in [0.1, 0.15) is 33.9 Å². The van der Waals surface area contributed by atoms with Crippen molar-refractivity contribution in [3.8, 4) is 0 Å². The minimum atomic E-state index is -0.295. The molecule has 0 amide bonds. The van der Waals surface area contributed by atoms with E-state index in [-0.39, 0.29) is 29.5 Å². The predicted octanol–water partition coefficient (Wildman–Crippen LogP) is 2.08. The zero-order valence-corrected chi connectivity index (χ0v) is 13.7. The van der Waals surface area contributed by atoms with E-state index in [1.807, 2.05) is 27.7 Å². The Kier molecular flexibility index (Phi) is 5.66. The van der Waals surface area contributed by atoms with Gasteiger partial charge in [-0.2, -0.15) is 4.98 Å². The molecule has 0 aliphatic carbocycles. The van der Waals surface area contributed by atoms with Gasteiger partial charge < -0.3 is 14.8 Å². The molecule has 1 aliphatic rings. The first-order chi connectivity index (χ1) is 9.95. The summed E-state index contributed by atoms with van der Waals surface area (Å²) in [4.78, 5) is 16.1. The highest BCUT2D eigenvalue weighted by Crippen LogP contribution is 2.31. The van der Waals surface area contributed by atoms with Gasteiger partial charge in [0.15, 0.2) is 0 Å². The quantitative estimate of drug-likeness (QED) is 0.867. The lowest BCUT2D eigenvalue weighted by atomic mass is 10.4. The van der Waals surface area contributed by atoms with Crippen LogP contribution in [0.5, 0.6) is 0 Å². The molecule has 21 heavy (non-hydrogen) atoms. The number of anilines is 1. The molecule has 0 aromatic carbocycles. The first-order valence-electron chi connectivity index (χ1n) is 7.20. The summed E-state index contributed by atoms with van der Waals surface area (Å²) in [6.45, 7) is 8.53. The fourth-order valence-electron chi connectivity index (χ4n) is 1.96. The predicted molar refractivity (Wildman–Crippen MR) is 84.7 cm³/mol. The third-order valence-corrected chi connectivity index (χ3v) is 3.97. The van der Waals surface area contributed by atoms with Crippen LogP contribution in [0, 0.1) is 0 Å². The maximum absolute atomic E-state index is 12.1. The van der Waals surface area contributed by atoms with E-state index in [0.29, 0.717) is 12.4 Å². The minimum Gasteiger partial charge on any atom is -0.375 e. The van der Waals surface area contributed by atoms with E-state index < -0.39 is 0 Å². The molecule has 1 aromatic heterocycles. The van der Waals surface area contributed by atoms with Gasteiger partial charge in [-0.05, 0) is 33.8 Å². The number of aromatic nitrogens is 2. The van der Waals surface area contributed by atoms with Gasteiger partial charge >= 0.3 is 5.69 Å². The highest BCUT2D eigenvalue weighted by Gasteiger charge is 2.28. The molecule has 1 N–H and O–H groups in total. The Hall–Kier alpha value is -1.05. The number of thioether (sulfide) groups is 1. The molecule has 118 valence electrons. The minimum absolute atomic E-state index is 0.0298. The fraction of sp³-hybridized carbons (Fsp3) is 0.714. The average molecular weight is 313 g/mol. The summed E-state index contributed by atoms with van der Waals surface area (Å²) in [5.41, 5.74) is -0.325. The summed E-state index contributed by atoms with van der Waals surface area (Å²) in [7, 11) is 0. The fourth-order valence-corrected chi connectivity index (χ4v) is 2.96. The van der Waals surface area contributed by atoms with Crippen molar-refractivity contribution in [2.45, 2.75) is 51.5 Å². The Morgan fingerprint density at radius 1 is 1.52 bits per heavy atom. The van der Waals surface area contributed by atoms with Gasteiger partial charge in [-0.15, -0.1) is 11.8 Å². The second kappa shape index (κ2) is 7.29. The van der Waals surface area contributed by atoms with Gasteiger partial charge in [0.2, 0.25) is 0 Å². The molecule has 1 saturated heterocycles. The highest BCUT2D eigenvalue weighted by atomic mass is 32.2. The maximum atomic E-state index is 12.1. The van der Waals surface area contributed by atoms with E-state index >= 15 is 0 Å². The van der Waals surface area contributed by atoms with E-state index in [2.05, 4.69) is 10.3 Å². The number of rotatable bonds is 6. The van der Waals surface area contributed by atoms with Gasteiger partial charge in [-0.1, -0.05) is 0 Å². The topological polar surface area (TPSA) is 65.4 Å². The SMILES string of the molecule is CC(C)Nc1ccn(C2CS[C@H](COC(C)C)O2)c(=O)n1. The number of hydrogen-bond acceptors (Lipinski definition) is 6. The number of ether oxygens (including phenoxy) is 2. The molecule has 6 nitrogen and oxygen atoms in total. The molecule has 2 rings (SSSR count). The van der Waals surface area contributed by atoms with Gasteiger partial charge in [0.05, 0.1) is 12.7 Å². The van der Waals surface area contributed by atoms with E-state index in [0.717, 1.165) is 5.75 Å². The highest BCUT2D eigenvalue weighted by molar-refractivity contribution is 8.00. The molecule has 2 heterocycles. The molecule has 0 spiro atoms. The summed E-state index contributed by atoms with van der Waals surface area (Å²) in [5, 5.41) is 3.11. The number of nitrogens with zero attached hydrogens (tertiary/aromatic N) is 2. The van der Waals surface area contributed by atoms with E-state index in [4.69, 9.17) is 9.47 Å². The Morgan fingerprint density at radius 2 is 2.29 bits per heavy atom. The smallest absolute Gasteiger partial charge is 0.351 e. The summed E-state index contributed by atoms with van der Waals surface area (Å²) >= 11 is 1.66. The van der Waals surface area contributed by atoms with E-state index in [1.165, 1.54) is 4.57 Å². The lowest BCUT2D eigenvalue weighted by molar-refractivity contribution is -0.0377. The Labute approximate surface area is 129 Å². The number of hydrogen-bond donors (Lipinski definition) is 1. The van der Waals surface area contributed by atoms with Crippen LogP contribution >= 0.6 is 11.8 Å². The molecule has 0 saturated carbocycles. The molecule has 1 fully saturated rings. The number of nitrogens with one attached hydrogen (secondary N) is 1. The van der Waals surface area contributed by atoms with Crippen molar-refractivity contribution in [1.82, 2.24) is 9.55 Å². The monoisotopic (exact) mass is 313 g/mol. The van der Waals surface area contributed by atoms with Crippen LogP contribution in [-0.4, -0.2) is 39.5 Å². The normalized spacial score (nSPS) is 22.2. The molecule has 7 heteroatoms. The zero-order chi connectivity index (χ0) is 15.4. The summed E-state index contributed by atoms with van der Waals surface area (Å²) in [6.07, 6.45) is 1.64. The lowest BCUT2D eigenvalue weighted by Crippen LogP contribution is -2.29. The van der Waals surface area contributed by atoms with Crippen molar-refractivity contribution >= 4 is 17.6 Å². The third kappa shape index (κ3) is 4.72. The molecule has 2 atom stereocenters. The second-order valence-corrected chi connectivity index (χ2v) is 6.73. The maximum Gasteiger partial charge on any atom is 0.351 e. The molecular formula is C14H23N3O3S. The first-order valence-corrected chi connectivity index (χ1v) is 8.25. The van der Waals surface area contributed by atoms with Crippen LogP contribution in [0.2, 0.25) is 0 Å². The van der Waals surface area contributed by atoms with Crippen molar-refractivity contribution in [3.63, 3.8) is 0 Å². The standard InChI is InChI=1S/C14H23N3O3S/c1-9(2)15-11-5-6-17(14(18)16-11)12-8-21-13(20-12)7-19-10(3)4/h5-6,9-10,12-13H,7-8H2,1-4H3,(H,15,16,18)/t12?,13-/m1/s1. The first kappa shape index (κ1) is 16.3. The van der Waals surface area contributed by atoms with Crippen LogP contribution in [0.3, 0.4) is 0 Å². The molecule has 0 bridgehead atoms. The molecular weight excluding hydrogens is 290 g/mol. The van der Waals surface area contributed by atoms with Gasteiger partial charge in [-0.3, -0.25) is 4.57 Å². The zero-order valence-electron chi connectivity index (χ0n) is 12.9. The largest absolute Gasteiger partial charge is 0.375 e. The molecule has 1 unspecified atom stereocenters. The Balaban J connectivity index is 1.98. The van der Waals surface area contributed by atoms with Gasteiger partial charge in [-0.25, -0.2) is 4.79 Å². The van der Waals surface area contributed by atoms with Crippen molar-refractivity contribution in [1.29, 1.82) is 0 Å². The van der Waals surface area contributed by atoms with Crippen LogP contribution < -0.4 is 11.0 Å². The van der Waals surface area contributed by atoms with Crippen LogP contribution in [-0.2, 0) is 9.47 Å². The molecule has 1 aliphatic heterocycles. The summed E-state index contributed by atoms with van der Waals surface area (Å²) in [6, 6.07) is 2.04. The lowest BCUT2D eigenvalue weighted by Gasteiger charge is -2.16. The van der Waals surface area contributed by atoms with Crippen LogP contribution in [0.25, 0.3) is 0 Å². The van der Waals surface area contributed by atoms with E-state index in [1.54, 1.807) is 24.0 Å². The van der Waals surface area contributed by atoms with Gasteiger partial charge in [0.1, 0.15) is 17.5 Å². The van der Waals surface area contributed by atoms with Crippen molar-refractivity contribution in [2.75, 3.05) is 17.7 Å². The average Bonchev–Trinajstić information content (AvgIpc) is 2.84. The Bertz CT molecular complexity index is 518. The van der Waals surface area contributed by atoms with Gasteiger partial charge in [0.25, 0.3) is 0 Å². The van der Waals surface area contributed by atoms with Crippen LogP contribution in [0.15, 0.2) is 17.1 Å². The molecule has 1 aromatic rings.